The average Bonchev–Trinajstić information content (AvgIpc) is 3.02. The summed E-state index contributed by atoms with van der Waals surface area (Å²) in [5, 5.41) is 0.779. The molecule has 122 valence electrons. The lowest BCUT2D eigenvalue weighted by molar-refractivity contribution is 0.0348. The van der Waals surface area contributed by atoms with Gasteiger partial charge in [-0.2, -0.15) is 0 Å². The van der Waals surface area contributed by atoms with Crippen LogP contribution in [0.2, 0.25) is 0 Å². The molecule has 0 radical (unpaired) electrons. The highest BCUT2D eigenvalue weighted by molar-refractivity contribution is 9.09. The Kier molecular flexibility index (Phi) is 5.29. The number of hydrogen-bond donors (Lipinski definition) is 0. The first-order chi connectivity index (χ1) is 10.8. The van der Waals surface area contributed by atoms with Crippen molar-refractivity contribution in [1.29, 1.82) is 0 Å². The Bertz CT molecular complexity index is 511. The summed E-state index contributed by atoms with van der Waals surface area (Å²) in [6.45, 7) is 0.848. The van der Waals surface area contributed by atoms with E-state index in [1.807, 2.05) is 6.07 Å². The summed E-state index contributed by atoms with van der Waals surface area (Å²) in [7, 11) is 3.40. The zero-order valence-electron chi connectivity index (χ0n) is 13.4. The van der Waals surface area contributed by atoms with Gasteiger partial charge in [0.1, 0.15) is 0 Å². The number of alkyl halides is 1. The molecule has 0 aromatic heterocycles. The second-order valence-corrected chi connectivity index (χ2v) is 7.01. The van der Waals surface area contributed by atoms with Crippen LogP contribution in [-0.2, 0) is 11.2 Å². The number of halogens is 1. The molecule has 1 saturated carbocycles. The minimum Gasteiger partial charge on any atom is -0.493 e. The van der Waals surface area contributed by atoms with Crippen molar-refractivity contribution in [3.8, 4) is 11.5 Å². The first-order valence-electron chi connectivity index (χ1n) is 8.19. The van der Waals surface area contributed by atoms with Crippen LogP contribution in [0.25, 0.3) is 0 Å². The minimum absolute atomic E-state index is 0.0338. The summed E-state index contributed by atoms with van der Waals surface area (Å²) >= 11 is 3.61. The molecule has 1 aromatic rings. The fraction of sp³-hybridized carbons (Fsp3) is 0.667. The van der Waals surface area contributed by atoms with Gasteiger partial charge in [0.05, 0.1) is 26.9 Å². The van der Waals surface area contributed by atoms with Gasteiger partial charge in [0.2, 0.25) is 0 Å². The predicted octanol–water partition coefficient (Wildman–Crippen LogP) is 4.52. The van der Waals surface area contributed by atoms with Gasteiger partial charge >= 0.3 is 0 Å². The molecule has 1 heterocycles. The Labute approximate surface area is 141 Å². The van der Waals surface area contributed by atoms with Crippen LogP contribution in [0, 0.1) is 11.8 Å². The molecule has 1 aromatic carbocycles. The van der Waals surface area contributed by atoms with Gasteiger partial charge in [0.15, 0.2) is 11.5 Å². The van der Waals surface area contributed by atoms with Crippen LogP contribution < -0.4 is 9.47 Å². The normalized spacial score (nSPS) is 25.6. The molecule has 1 fully saturated rings. The van der Waals surface area contributed by atoms with Gasteiger partial charge in [-0.05, 0) is 29.9 Å². The second kappa shape index (κ2) is 7.22. The maximum Gasteiger partial charge on any atom is 0.166 e. The van der Waals surface area contributed by atoms with E-state index >= 15 is 0 Å². The smallest absolute Gasteiger partial charge is 0.166 e. The van der Waals surface area contributed by atoms with Crippen LogP contribution in [-0.4, -0.2) is 26.2 Å². The molecule has 22 heavy (non-hydrogen) atoms. The molecule has 2 unspecified atom stereocenters. The Hall–Kier alpha value is -0.740. The molecule has 2 atom stereocenters. The molecule has 0 N–H and O–H groups in total. The molecular weight excluding hydrogens is 344 g/mol. The van der Waals surface area contributed by atoms with Gasteiger partial charge in [-0.15, -0.1) is 0 Å². The molecule has 1 aliphatic heterocycles. The Morgan fingerprint density at radius 3 is 2.55 bits per heavy atom. The van der Waals surface area contributed by atoms with Gasteiger partial charge in [0.25, 0.3) is 0 Å². The zero-order chi connectivity index (χ0) is 15.5. The van der Waals surface area contributed by atoms with Crippen molar-refractivity contribution in [3.63, 3.8) is 0 Å². The highest BCUT2D eigenvalue weighted by Gasteiger charge is 2.33. The first-order valence-corrected chi connectivity index (χ1v) is 9.32. The number of methoxy groups -OCH3 is 2. The Balaban J connectivity index is 1.97. The molecule has 0 bridgehead atoms. The summed E-state index contributed by atoms with van der Waals surface area (Å²) in [5.74, 6) is 3.06. The molecule has 0 spiro atoms. The topological polar surface area (TPSA) is 27.7 Å². The molecule has 1 aliphatic carbocycles. The monoisotopic (exact) mass is 368 g/mol. The fourth-order valence-corrected chi connectivity index (χ4v) is 4.55. The molecule has 0 saturated heterocycles. The first kappa shape index (κ1) is 16.1. The van der Waals surface area contributed by atoms with E-state index in [-0.39, 0.29) is 6.10 Å². The van der Waals surface area contributed by atoms with Crippen LogP contribution in [0.4, 0.5) is 0 Å². The quantitative estimate of drug-likeness (QED) is 0.731. The maximum absolute atomic E-state index is 6.26. The number of ether oxygens (including phenoxy) is 3. The van der Waals surface area contributed by atoms with Crippen molar-refractivity contribution in [3.05, 3.63) is 23.3 Å². The number of benzene rings is 1. The van der Waals surface area contributed by atoms with Crippen molar-refractivity contribution in [2.24, 2.45) is 11.8 Å². The number of hydrogen-bond acceptors (Lipinski definition) is 3. The van der Waals surface area contributed by atoms with Gasteiger partial charge < -0.3 is 14.2 Å². The van der Waals surface area contributed by atoms with Gasteiger partial charge in [0, 0.05) is 10.9 Å². The number of fused-ring (bicyclic) bond motifs is 1. The molecule has 4 heteroatoms. The van der Waals surface area contributed by atoms with Crippen LogP contribution in [0.15, 0.2) is 12.1 Å². The summed E-state index contributed by atoms with van der Waals surface area (Å²) in [4.78, 5) is 0. The standard InChI is InChI=1S/C18H25BrO3/c1-20-15-8-7-13-9-14(12-5-3-4-6-12)11-22-16(10-19)17(13)18(15)21-2/h7-8,12,14,16H,3-6,9-11H2,1-2H3. The third-order valence-corrected chi connectivity index (χ3v) is 5.78. The molecule has 2 aliphatic rings. The largest absolute Gasteiger partial charge is 0.493 e. The number of rotatable bonds is 4. The van der Waals surface area contributed by atoms with Crippen LogP contribution in [0.3, 0.4) is 0 Å². The van der Waals surface area contributed by atoms with E-state index in [0.29, 0.717) is 5.92 Å². The summed E-state index contributed by atoms with van der Waals surface area (Å²) in [5.41, 5.74) is 2.52. The van der Waals surface area contributed by atoms with E-state index in [0.717, 1.165) is 35.8 Å². The summed E-state index contributed by atoms with van der Waals surface area (Å²) in [6.07, 6.45) is 6.59. The molecule has 3 nitrogen and oxygen atoms in total. The van der Waals surface area contributed by atoms with E-state index in [4.69, 9.17) is 14.2 Å². The van der Waals surface area contributed by atoms with Crippen molar-refractivity contribution < 1.29 is 14.2 Å². The van der Waals surface area contributed by atoms with E-state index in [9.17, 15) is 0 Å². The lowest BCUT2D eigenvalue weighted by atomic mass is 9.85. The van der Waals surface area contributed by atoms with E-state index < -0.39 is 0 Å². The summed E-state index contributed by atoms with van der Waals surface area (Å²) in [6, 6.07) is 4.23. The SMILES string of the molecule is COc1ccc2c(c1OC)C(CBr)OCC(C1CCCC1)C2. The van der Waals surface area contributed by atoms with Gasteiger partial charge in [-0.1, -0.05) is 47.7 Å². The molecule has 3 rings (SSSR count). The van der Waals surface area contributed by atoms with Crippen LogP contribution in [0.1, 0.15) is 42.9 Å². The highest BCUT2D eigenvalue weighted by atomic mass is 79.9. The summed E-state index contributed by atoms with van der Waals surface area (Å²) < 4.78 is 17.4. The third kappa shape index (κ3) is 3.00. The van der Waals surface area contributed by atoms with Crippen molar-refractivity contribution >= 4 is 15.9 Å². The van der Waals surface area contributed by atoms with Crippen LogP contribution in [0.5, 0.6) is 11.5 Å². The average molecular weight is 369 g/mol. The lowest BCUT2D eigenvalue weighted by Crippen LogP contribution is -2.19. The Morgan fingerprint density at radius 1 is 1.14 bits per heavy atom. The minimum atomic E-state index is 0.0338. The third-order valence-electron chi connectivity index (χ3n) is 5.20. The highest BCUT2D eigenvalue weighted by Crippen LogP contribution is 2.44. The van der Waals surface area contributed by atoms with Gasteiger partial charge in [-0.3, -0.25) is 0 Å². The Morgan fingerprint density at radius 2 is 1.91 bits per heavy atom. The second-order valence-electron chi connectivity index (χ2n) is 6.36. The van der Waals surface area contributed by atoms with Crippen molar-refractivity contribution in [2.75, 3.05) is 26.2 Å². The van der Waals surface area contributed by atoms with E-state index in [1.54, 1.807) is 14.2 Å². The molecule has 0 amide bonds. The predicted molar refractivity (Wildman–Crippen MR) is 91.2 cm³/mol. The maximum atomic E-state index is 6.26. The van der Waals surface area contributed by atoms with Crippen LogP contribution >= 0.6 is 15.9 Å². The van der Waals surface area contributed by atoms with Gasteiger partial charge in [-0.25, -0.2) is 0 Å². The zero-order valence-corrected chi connectivity index (χ0v) is 15.0. The van der Waals surface area contributed by atoms with E-state index in [1.165, 1.54) is 36.8 Å². The van der Waals surface area contributed by atoms with Crippen molar-refractivity contribution in [1.82, 2.24) is 0 Å². The fourth-order valence-electron chi connectivity index (χ4n) is 4.04. The van der Waals surface area contributed by atoms with Crippen molar-refractivity contribution in [2.45, 2.75) is 38.2 Å². The molecular formula is C18H25BrO3. The van der Waals surface area contributed by atoms with E-state index in [2.05, 4.69) is 22.0 Å². The lowest BCUT2D eigenvalue weighted by Gasteiger charge is -2.21.